The summed E-state index contributed by atoms with van der Waals surface area (Å²) >= 11 is 0. The maximum atomic E-state index is 12.0. The van der Waals surface area contributed by atoms with Crippen LogP contribution in [0.5, 0.6) is 5.75 Å². The maximum Gasteiger partial charge on any atom is 0.302 e. The lowest BCUT2D eigenvalue weighted by Crippen LogP contribution is -2.30. The lowest BCUT2D eigenvalue weighted by molar-refractivity contribution is -0.171. The highest BCUT2D eigenvalue weighted by Crippen LogP contribution is 2.31. The van der Waals surface area contributed by atoms with Gasteiger partial charge in [-0.05, 0) is 42.5 Å². The molecule has 2 aromatic rings. The predicted octanol–water partition coefficient (Wildman–Crippen LogP) is 6.24. The third-order valence-electron chi connectivity index (χ3n) is 6.96. The van der Waals surface area contributed by atoms with Gasteiger partial charge in [-0.25, -0.2) is 0 Å². The van der Waals surface area contributed by atoms with E-state index in [4.69, 9.17) is 28.4 Å². The quantitative estimate of drug-likeness (QED) is 0.134. The van der Waals surface area contributed by atoms with E-state index in [1.165, 1.54) is 6.92 Å². The smallest absolute Gasteiger partial charge is 0.302 e. The fourth-order valence-corrected chi connectivity index (χ4v) is 4.62. The second-order valence-electron chi connectivity index (χ2n) is 9.83. The number of methoxy groups -OCH3 is 1. The fourth-order valence-electron chi connectivity index (χ4n) is 4.62. The van der Waals surface area contributed by atoms with E-state index in [1.54, 1.807) is 7.11 Å². The van der Waals surface area contributed by atoms with E-state index in [-0.39, 0.29) is 24.1 Å². The molecule has 2 aromatic carbocycles. The summed E-state index contributed by atoms with van der Waals surface area (Å²) in [5.74, 6) is -0.134. The molecule has 0 aromatic heterocycles. The Morgan fingerprint density at radius 1 is 1.03 bits per heavy atom. The summed E-state index contributed by atoms with van der Waals surface area (Å²) in [5.41, 5.74) is 2.15. The van der Waals surface area contributed by atoms with Gasteiger partial charge in [-0.1, -0.05) is 68.5 Å². The molecule has 0 unspecified atom stereocenters. The number of carbonyl (C=O) groups excluding carboxylic acids is 1. The van der Waals surface area contributed by atoms with Crippen molar-refractivity contribution >= 4 is 5.97 Å². The number of hydrogen-bond acceptors (Lipinski definition) is 7. The van der Waals surface area contributed by atoms with Crippen molar-refractivity contribution < 1.29 is 33.2 Å². The second kappa shape index (κ2) is 16.4. The first-order valence-electron chi connectivity index (χ1n) is 13.9. The molecule has 0 spiro atoms. The molecule has 214 valence electrons. The van der Waals surface area contributed by atoms with Crippen molar-refractivity contribution in [2.75, 3.05) is 26.9 Å². The molecule has 39 heavy (non-hydrogen) atoms. The number of ether oxygens (including phenoxy) is 6. The molecule has 1 aliphatic heterocycles. The number of benzene rings is 2. The third-order valence-corrected chi connectivity index (χ3v) is 6.96. The Bertz CT molecular complexity index is 985. The summed E-state index contributed by atoms with van der Waals surface area (Å²) in [7, 11) is 1.65. The minimum absolute atomic E-state index is 0.00315. The van der Waals surface area contributed by atoms with E-state index in [0.29, 0.717) is 45.9 Å². The van der Waals surface area contributed by atoms with Gasteiger partial charge in [0, 0.05) is 19.3 Å². The van der Waals surface area contributed by atoms with Crippen LogP contribution >= 0.6 is 0 Å². The highest BCUT2D eigenvalue weighted by Gasteiger charge is 2.37. The standard InChI is InChI=1S/C32H44O7/c1-5-32(6-2)37-24-30(39-32)14-10-13-28(23-36-22-27-15-17-29(34-4)18-16-27)31(38-25(3)33)19-20-35-21-26-11-8-7-9-12-26/h7-13,15-18,28,30-31H,5-6,14,19-24H2,1-4H3/b13-10-/t28-,30-,31-/m0/s1. The summed E-state index contributed by atoms with van der Waals surface area (Å²) in [4.78, 5) is 12.0. The number of hydrogen-bond donors (Lipinski definition) is 0. The molecule has 0 bridgehead atoms. The second-order valence-corrected chi connectivity index (χ2v) is 9.83. The summed E-state index contributed by atoms with van der Waals surface area (Å²) in [6.45, 7) is 8.00. The van der Waals surface area contributed by atoms with E-state index in [0.717, 1.165) is 29.7 Å². The largest absolute Gasteiger partial charge is 0.497 e. The predicted molar refractivity (Wildman–Crippen MR) is 150 cm³/mol. The summed E-state index contributed by atoms with van der Waals surface area (Å²) < 4.78 is 35.2. The van der Waals surface area contributed by atoms with Crippen molar-refractivity contribution in [1.82, 2.24) is 0 Å². The summed E-state index contributed by atoms with van der Waals surface area (Å²) in [6, 6.07) is 17.8. The zero-order valence-electron chi connectivity index (χ0n) is 23.8. The molecular weight excluding hydrogens is 496 g/mol. The molecule has 1 heterocycles. The maximum absolute atomic E-state index is 12.0. The first-order valence-corrected chi connectivity index (χ1v) is 13.9. The van der Waals surface area contributed by atoms with Crippen LogP contribution in [0, 0.1) is 5.92 Å². The number of carbonyl (C=O) groups is 1. The molecule has 7 nitrogen and oxygen atoms in total. The van der Waals surface area contributed by atoms with E-state index in [2.05, 4.69) is 26.0 Å². The topological polar surface area (TPSA) is 72.5 Å². The molecule has 0 saturated carbocycles. The van der Waals surface area contributed by atoms with Crippen LogP contribution in [0.25, 0.3) is 0 Å². The molecule has 0 amide bonds. The van der Waals surface area contributed by atoms with Gasteiger partial charge >= 0.3 is 5.97 Å². The van der Waals surface area contributed by atoms with Crippen molar-refractivity contribution in [2.45, 2.75) is 77.7 Å². The molecule has 1 saturated heterocycles. The van der Waals surface area contributed by atoms with Crippen LogP contribution in [-0.4, -0.2) is 50.9 Å². The Morgan fingerprint density at radius 3 is 2.36 bits per heavy atom. The summed E-state index contributed by atoms with van der Waals surface area (Å²) in [6.07, 6.45) is 6.73. The Morgan fingerprint density at radius 2 is 1.72 bits per heavy atom. The van der Waals surface area contributed by atoms with Gasteiger partial charge in [0.1, 0.15) is 11.9 Å². The van der Waals surface area contributed by atoms with Gasteiger partial charge in [-0.2, -0.15) is 0 Å². The van der Waals surface area contributed by atoms with Gasteiger partial charge in [0.2, 0.25) is 0 Å². The van der Waals surface area contributed by atoms with Crippen LogP contribution in [-0.2, 0) is 41.7 Å². The van der Waals surface area contributed by atoms with Gasteiger partial charge in [0.15, 0.2) is 5.79 Å². The van der Waals surface area contributed by atoms with Crippen LogP contribution in [0.15, 0.2) is 66.7 Å². The molecule has 3 atom stereocenters. The van der Waals surface area contributed by atoms with Crippen molar-refractivity contribution in [1.29, 1.82) is 0 Å². The highest BCUT2D eigenvalue weighted by atomic mass is 16.7. The molecule has 0 radical (unpaired) electrons. The molecule has 3 rings (SSSR count). The average molecular weight is 541 g/mol. The van der Waals surface area contributed by atoms with Crippen LogP contribution in [0.4, 0.5) is 0 Å². The molecule has 1 fully saturated rings. The van der Waals surface area contributed by atoms with E-state index < -0.39 is 5.79 Å². The lowest BCUT2D eigenvalue weighted by Gasteiger charge is -2.25. The summed E-state index contributed by atoms with van der Waals surface area (Å²) in [5, 5.41) is 0. The van der Waals surface area contributed by atoms with Crippen LogP contribution in [0.2, 0.25) is 0 Å². The van der Waals surface area contributed by atoms with Gasteiger partial charge in [0.05, 0.1) is 46.2 Å². The van der Waals surface area contributed by atoms with Crippen LogP contribution in [0.1, 0.15) is 57.6 Å². The SMILES string of the molecule is CCC1(CC)OC[C@H](C/C=C\[C@@H](COCc2ccc(OC)cc2)[C@H](CCOCc2ccccc2)OC(C)=O)O1. The van der Waals surface area contributed by atoms with Gasteiger partial charge in [0.25, 0.3) is 0 Å². The zero-order valence-corrected chi connectivity index (χ0v) is 23.8. The minimum atomic E-state index is -0.476. The Labute approximate surface area is 233 Å². The number of rotatable bonds is 17. The van der Waals surface area contributed by atoms with Gasteiger partial charge in [-0.15, -0.1) is 0 Å². The van der Waals surface area contributed by atoms with Crippen LogP contribution in [0.3, 0.4) is 0 Å². The minimum Gasteiger partial charge on any atom is -0.497 e. The van der Waals surface area contributed by atoms with Crippen molar-refractivity contribution in [3.63, 3.8) is 0 Å². The Hall–Kier alpha value is -2.71. The van der Waals surface area contributed by atoms with Crippen molar-refractivity contribution in [2.24, 2.45) is 5.92 Å². The van der Waals surface area contributed by atoms with E-state index in [1.807, 2.05) is 54.6 Å². The molecular formula is C32H44O7. The Kier molecular flexibility index (Phi) is 13.0. The molecule has 0 aliphatic carbocycles. The Balaban J connectivity index is 1.62. The number of esters is 1. The fraction of sp³-hybridized carbons (Fsp3) is 0.531. The monoisotopic (exact) mass is 540 g/mol. The first-order chi connectivity index (χ1) is 19.0. The van der Waals surface area contributed by atoms with E-state index in [9.17, 15) is 4.79 Å². The third kappa shape index (κ3) is 10.4. The average Bonchev–Trinajstić information content (AvgIpc) is 3.38. The van der Waals surface area contributed by atoms with Gasteiger partial charge < -0.3 is 28.4 Å². The van der Waals surface area contributed by atoms with Crippen molar-refractivity contribution in [3.05, 3.63) is 77.9 Å². The highest BCUT2D eigenvalue weighted by molar-refractivity contribution is 5.66. The normalized spacial score (nSPS) is 18.2. The zero-order chi connectivity index (χ0) is 27.9. The molecule has 0 N–H and O–H groups in total. The van der Waals surface area contributed by atoms with Crippen molar-refractivity contribution in [3.8, 4) is 5.75 Å². The van der Waals surface area contributed by atoms with Crippen LogP contribution < -0.4 is 4.74 Å². The van der Waals surface area contributed by atoms with Gasteiger partial charge in [-0.3, -0.25) is 4.79 Å². The lowest BCUT2D eigenvalue weighted by atomic mass is 9.99. The molecule has 1 aliphatic rings. The van der Waals surface area contributed by atoms with E-state index >= 15 is 0 Å². The first kappa shape index (κ1) is 30.8. The molecule has 7 heteroatoms.